The number of sulfonamides is 1. The van der Waals surface area contributed by atoms with Gasteiger partial charge in [0.1, 0.15) is 0 Å². The van der Waals surface area contributed by atoms with Crippen LogP contribution in [-0.4, -0.2) is 26.8 Å². The summed E-state index contributed by atoms with van der Waals surface area (Å²) in [6.07, 6.45) is 2.43. The van der Waals surface area contributed by atoms with E-state index in [9.17, 15) is 8.42 Å². The lowest BCUT2D eigenvalue weighted by Crippen LogP contribution is -2.38. The van der Waals surface area contributed by atoms with Crippen LogP contribution in [0.25, 0.3) is 0 Å². The zero-order valence-corrected chi connectivity index (χ0v) is 9.23. The van der Waals surface area contributed by atoms with E-state index in [1.807, 2.05) is 13.8 Å². The SMILES string of the molecule is CCCCNS(=O)(=O)C(CC)CN. The molecule has 0 bridgehead atoms. The monoisotopic (exact) mass is 208 g/mol. The molecule has 0 heterocycles. The number of hydrogen-bond acceptors (Lipinski definition) is 3. The maximum Gasteiger partial charge on any atom is 0.215 e. The van der Waals surface area contributed by atoms with Gasteiger partial charge in [-0.25, -0.2) is 13.1 Å². The molecule has 4 nitrogen and oxygen atoms in total. The van der Waals surface area contributed by atoms with Crippen LogP contribution < -0.4 is 10.5 Å². The van der Waals surface area contributed by atoms with Crippen molar-refractivity contribution in [1.82, 2.24) is 4.72 Å². The van der Waals surface area contributed by atoms with Crippen molar-refractivity contribution >= 4 is 10.0 Å². The van der Waals surface area contributed by atoms with Gasteiger partial charge in [0.05, 0.1) is 5.25 Å². The lowest BCUT2D eigenvalue weighted by atomic mass is 10.3. The first kappa shape index (κ1) is 12.9. The summed E-state index contributed by atoms with van der Waals surface area (Å²) in [6.45, 7) is 4.57. The number of unbranched alkanes of at least 4 members (excludes halogenated alkanes) is 1. The molecule has 0 saturated heterocycles. The van der Waals surface area contributed by atoms with Crippen LogP contribution in [0.1, 0.15) is 33.1 Å². The molecule has 5 heteroatoms. The summed E-state index contributed by atoms with van der Waals surface area (Å²) < 4.78 is 25.5. The van der Waals surface area contributed by atoms with E-state index in [-0.39, 0.29) is 6.54 Å². The fourth-order valence-corrected chi connectivity index (χ4v) is 2.38. The molecule has 0 aliphatic rings. The predicted octanol–water partition coefficient (Wildman–Crippen LogP) is 0.443. The molecule has 0 aromatic carbocycles. The van der Waals surface area contributed by atoms with E-state index in [4.69, 9.17) is 5.73 Å². The molecule has 1 unspecified atom stereocenters. The topological polar surface area (TPSA) is 72.2 Å². The Labute approximate surface area is 80.9 Å². The first-order valence-electron chi connectivity index (χ1n) is 4.77. The van der Waals surface area contributed by atoms with Gasteiger partial charge in [0.15, 0.2) is 0 Å². The van der Waals surface area contributed by atoms with Crippen LogP contribution >= 0.6 is 0 Å². The fraction of sp³-hybridized carbons (Fsp3) is 1.00. The second-order valence-electron chi connectivity index (χ2n) is 3.06. The highest BCUT2D eigenvalue weighted by atomic mass is 32.2. The van der Waals surface area contributed by atoms with E-state index in [0.29, 0.717) is 13.0 Å². The van der Waals surface area contributed by atoms with Gasteiger partial charge < -0.3 is 5.73 Å². The van der Waals surface area contributed by atoms with Crippen molar-refractivity contribution in [2.45, 2.75) is 38.4 Å². The highest BCUT2D eigenvalue weighted by Gasteiger charge is 2.20. The summed E-state index contributed by atoms with van der Waals surface area (Å²) in [5.74, 6) is 0. The zero-order valence-electron chi connectivity index (χ0n) is 8.41. The van der Waals surface area contributed by atoms with Crippen molar-refractivity contribution in [3.8, 4) is 0 Å². The maximum atomic E-state index is 11.5. The van der Waals surface area contributed by atoms with Gasteiger partial charge in [0.25, 0.3) is 0 Å². The molecule has 0 amide bonds. The molecule has 0 aliphatic heterocycles. The third kappa shape index (κ3) is 4.59. The van der Waals surface area contributed by atoms with Crippen LogP contribution in [0.4, 0.5) is 0 Å². The van der Waals surface area contributed by atoms with Crippen molar-refractivity contribution in [2.75, 3.05) is 13.1 Å². The quantitative estimate of drug-likeness (QED) is 0.596. The van der Waals surface area contributed by atoms with Crippen LogP contribution in [0.3, 0.4) is 0 Å². The van der Waals surface area contributed by atoms with E-state index in [1.165, 1.54) is 0 Å². The number of hydrogen-bond donors (Lipinski definition) is 2. The van der Waals surface area contributed by atoms with Crippen LogP contribution in [0, 0.1) is 0 Å². The Kier molecular flexibility index (Phi) is 6.28. The van der Waals surface area contributed by atoms with Gasteiger partial charge in [-0.05, 0) is 12.8 Å². The van der Waals surface area contributed by atoms with Crippen molar-refractivity contribution in [3.63, 3.8) is 0 Å². The molecule has 0 radical (unpaired) electrons. The molecular formula is C8H20N2O2S. The normalized spacial score (nSPS) is 14.4. The minimum Gasteiger partial charge on any atom is -0.329 e. The molecule has 3 N–H and O–H groups in total. The largest absolute Gasteiger partial charge is 0.329 e. The fourth-order valence-electron chi connectivity index (χ4n) is 1.02. The molecule has 0 spiro atoms. The van der Waals surface area contributed by atoms with Gasteiger partial charge in [0.2, 0.25) is 10.0 Å². The van der Waals surface area contributed by atoms with E-state index in [2.05, 4.69) is 4.72 Å². The van der Waals surface area contributed by atoms with Crippen molar-refractivity contribution in [3.05, 3.63) is 0 Å². The smallest absolute Gasteiger partial charge is 0.215 e. The average Bonchev–Trinajstić information content (AvgIpc) is 2.06. The third-order valence-electron chi connectivity index (χ3n) is 1.99. The van der Waals surface area contributed by atoms with E-state index in [1.54, 1.807) is 0 Å². The Bertz CT molecular complexity index is 210. The van der Waals surface area contributed by atoms with Gasteiger partial charge in [-0.1, -0.05) is 20.3 Å². The summed E-state index contributed by atoms with van der Waals surface area (Å²) in [5.41, 5.74) is 5.35. The number of nitrogens with two attached hydrogens (primary N) is 1. The summed E-state index contributed by atoms with van der Waals surface area (Å²) in [4.78, 5) is 0. The Hall–Kier alpha value is -0.130. The van der Waals surface area contributed by atoms with Gasteiger partial charge in [0, 0.05) is 13.1 Å². The van der Waals surface area contributed by atoms with Crippen LogP contribution in [0.5, 0.6) is 0 Å². The Morgan fingerprint density at radius 2 is 2.00 bits per heavy atom. The lowest BCUT2D eigenvalue weighted by molar-refractivity contribution is 0.558. The molecule has 0 aromatic heterocycles. The van der Waals surface area contributed by atoms with Gasteiger partial charge in [-0.3, -0.25) is 0 Å². The number of rotatable bonds is 7. The first-order chi connectivity index (χ1) is 6.08. The minimum atomic E-state index is -3.17. The second-order valence-corrected chi connectivity index (χ2v) is 5.10. The number of nitrogens with one attached hydrogen (secondary N) is 1. The molecule has 13 heavy (non-hydrogen) atoms. The predicted molar refractivity (Wildman–Crippen MR) is 55.0 cm³/mol. The molecule has 0 rings (SSSR count). The summed E-state index contributed by atoms with van der Waals surface area (Å²) in [5, 5.41) is -0.440. The molecule has 80 valence electrons. The molecular weight excluding hydrogens is 188 g/mol. The Balaban J connectivity index is 4.05. The highest BCUT2D eigenvalue weighted by molar-refractivity contribution is 7.90. The highest BCUT2D eigenvalue weighted by Crippen LogP contribution is 2.02. The standard InChI is InChI=1S/C8H20N2O2S/c1-3-5-6-10-13(11,12)8(4-2)7-9/h8,10H,3-7,9H2,1-2H3. The van der Waals surface area contributed by atoms with Crippen LogP contribution in [0.15, 0.2) is 0 Å². The maximum absolute atomic E-state index is 11.5. The van der Waals surface area contributed by atoms with Crippen molar-refractivity contribution in [1.29, 1.82) is 0 Å². The van der Waals surface area contributed by atoms with Gasteiger partial charge in [-0.15, -0.1) is 0 Å². The first-order valence-corrected chi connectivity index (χ1v) is 6.31. The lowest BCUT2D eigenvalue weighted by Gasteiger charge is -2.13. The van der Waals surface area contributed by atoms with Crippen LogP contribution in [0.2, 0.25) is 0 Å². The van der Waals surface area contributed by atoms with Gasteiger partial charge >= 0.3 is 0 Å². The molecule has 0 aliphatic carbocycles. The van der Waals surface area contributed by atoms with E-state index < -0.39 is 15.3 Å². The van der Waals surface area contributed by atoms with E-state index in [0.717, 1.165) is 12.8 Å². The molecule has 1 atom stereocenters. The Morgan fingerprint density at radius 3 is 2.38 bits per heavy atom. The average molecular weight is 208 g/mol. The zero-order chi connectivity index (χ0) is 10.3. The molecule has 0 fully saturated rings. The Morgan fingerprint density at radius 1 is 1.38 bits per heavy atom. The van der Waals surface area contributed by atoms with Crippen molar-refractivity contribution < 1.29 is 8.42 Å². The molecule has 0 saturated carbocycles. The summed E-state index contributed by atoms with van der Waals surface area (Å²) >= 11 is 0. The minimum absolute atomic E-state index is 0.192. The van der Waals surface area contributed by atoms with Gasteiger partial charge in [-0.2, -0.15) is 0 Å². The van der Waals surface area contributed by atoms with Crippen LogP contribution in [-0.2, 0) is 10.0 Å². The molecule has 0 aromatic rings. The van der Waals surface area contributed by atoms with Crippen molar-refractivity contribution in [2.24, 2.45) is 5.73 Å². The summed E-state index contributed by atoms with van der Waals surface area (Å²) in [6, 6.07) is 0. The van der Waals surface area contributed by atoms with E-state index >= 15 is 0 Å². The second kappa shape index (κ2) is 6.34. The third-order valence-corrected chi connectivity index (χ3v) is 4.00. The summed E-state index contributed by atoms with van der Waals surface area (Å²) in [7, 11) is -3.17.